The molecule has 3 aliphatic rings. The third kappa shape index (κ3) is 1.82. The molecule has 1 aromatic carbocycles. The van der Waals surface area contributed by atoms with Gasteiger partial charge in [-0.1, -0.05) is 0 Å². The monoisotopic (exact) mass is 323 g/mol. The van der Waals surface area contributed by atoms with Crippen LogP contribution in [-0.4, -0.2) is 48.7 Å². The summed E-state index contributed by atoms with van der Waals surface area (Å²) < 4.78 is 7.52. The van der Waals surface area contributed by atoms with Gasteiger partial charge in [-0.05, 0) is 43.2 Å². The van der Waals surface area contributed by atoms with Crippen molar-refractivity contribution in [2.45, 2.75) is 18.4 Å². The standard InChI is InChI=1S/C19H21N3O2/c1-20-18(23)17-3-2-8-22(17)16-5-4-14(21-9-11-24-12-10-21)13-15(16)19(20)6-7-19/h2-5,8,13H,6-7,9-12H2,1H3. The van der Waals surface area contributed by atoms with Crippen molar-refractivity contribution in [1.82, 2.24) is 9.47 Å². The second-order valence-electron chi connectivity index (χ2n) is 6.96. The first kappa shape index (κ1) is 14.1. The molecule has 5 nitrogen and oxygen atoms in total. The maximum atomic E-state index is 12.9. The zero-order valence-electron chi connectivity index (χ0n) is 13.9. The van der Waals surface area contributed by atoms with E-state index in [9.17, 15) is 4.79 Å². The van der Waals surface area contributed by atoms with Crippen molar-refractivity contribution in [3.63, 3.8) is 0 Å². The van der Waals surface area contributed by atoms with Crippen molar-refractivity contribution in [2.24, 2.45) is 0 Å². The molecule has 124 valence electrons. The van der Waals surface area contributed by atoms with Crippen LogP contribution in [-0.2, 0) is 10.3 Å². The number of carbonyl (C=O) groups excluding carboxylic acids is 1. The fourth-order valence-electron chi connectivity index (χ4n) is 4.16. The summed E-state index contributed by atoms with van der Waals surface area (Å²) in [5.41, 5.74) is 4.27. The Morgan fingerprint density at radius 1 is 1.12 bits per heavy atom. The summed E-state index contributed by atoms with van der Waals surface area (Å²) in [5.74, 6) is 0.113. The largest absolute Gasteiger partial charge is 0.378 e. The lowest BCUT2D eigenvalue weighted by atomic mass is 10.00. The Labute approximate surface area is 141 Å². The van der Waals surface area contributed by atoms with Crippen LogP contribution >= 0.6 is 0 Å². The highest BCUT2D eigenvalue weighted by Crippen LogP contribution is 2.54. The van der Waals surface area contributed by atoms with Gasteiger partial charge in [0.25, 0.3) is 5.91 Å². The molecule has 3 heterocycles. The van der Waals surface area contributed by atoms with E-state index in [0.717, 1.165) is 50.5 Å². The van der Waals surface area contributed by atoms with E-state index in [1.807, 2.05) is 34.8 Å². The topological polar surface area (TPSA) is 37.7 Å². The van der Waals surface area contributed by atoms with Crippen LogP contribution in [0.25, 0.3) is 5.69 Å². The van der Waals surface area contributed by atoms with E-state index in [0.29, 0.717) is 0 Å². The summed E-state index contributed by atoms with van der Waals surface area (Å²) in [4.78, 5) is 17.2. The first-order valence-corrected chi connectivity index (χ1v) is 8.64. The number of nitrogens with zero attached hydrogens (tertiary/aromatic N) is 3. The van der Waals surface area contributed by atoms with Crippen molar-refractivity contribution in [1.29, 1.82) is 0 Å². The molecule has 0 bridgehead atoms. The van der Waals surface area contributed by atoms with Gasteiger partial charge >= 0.3 is 0 Å². The Morgan fingerprint density at radius 3 is 2.67 bits per heavy atom. The molecule has 2 aliphatic heterocycles. The van der Waals surface area contributed by atoms with E-state index >= 15 is 0 Å². The molecule has 0 atom stereocenters. The third-order valence-corrected chi connectivity index (χ3v) is 5.76. The molecule has 24 heavy (non-hydrogen) atoms. The number of fused-ring (bicyclic) bond motifs is 4. The maximum Gasteiger partial charge on any atom is 0.271 e. The Kier molecular flexibility index (Phi) is 2.86. The van der Waals surface area contributed by atoms with Crippen molar-refractivity contribution in [3.8, 4) is 5.69 Å². The minimum Gasteiger partial charge on any atom is -0.378 e. The van der Waals surface area contributed by atoms with Gasteiger partial charge in [0, 0.05) is 37.6 Å². The number of morpholine rings is 1. The molecule has 1 aromatic heterocycles. The number of anilines is 1. The van der Waals surface area contributed by atoms with Crippen LogP contribution < -0.4 is 4.90 Å². The molecule has 1 aliphatic carbocycles. The highest BCUT2D eigenvalue weighted by molar-refractivity contribution is 5.95. The van der Waals surface area contributed by atoms with Gasteiger partial charge in [0.2, 0.25) is 0 Å². The highest BCUT2D eigenvalue weighted by atomic mass is 16.5. The second kappa shape index (κ2) is 4.86. The van der Waals surface area contributed by atoms with Crippen LogP contribution in [0.4, 0.5) is 5.69 Å². The summed E-state index contributed by atoms with van der Waals surface area (Å²) in [6, 6.07) is 10.5. The Balaban J connectivity index is 1.68. The second-order valence-corrected chi connectivity index (χ2v) is 6.96. The van der Waals surface area contributed by atoms with Gasteiger partial charge in [-0.25, -0.2) is 0 Å². The number of hydrogen-bond donors (Lipinski definition) is 0. The molecule has 5 heteroatoms. The lowest BCUT2D eigenvalue weighted by Gasteiger charge is -2.31. The number of carbonyl (C=O) groups is 1. The molecular formula is C19H21N3O2. The fourth-order valence-corrected chi connectivity index (χ4v) is 4.16. The van der Waals surface area contributed by atoms with Crippen LogP contribution in [0.5, 0.6) is 0 Å². The van der Waals surface area contributed by atoms with Crippen LogP contribution in [0, 0.1) is 0 Å². The van der Waals surface area contributed by atoms with E-state index in [1.54, 1.807) is 0 Å². The van der Waals surface area contributed by atoms with Gasteiger partial charge in [0.15, 0.2) is 0 Å². The third-order valence-electron chi connectivity index (χ3n) is 5.76. The number of amides is 1. The molecule has 1 spiro atoms. The van der Waals surface area contributed by atoms with Gasteiger partial charge in [0.05, 0.1) is 24.4 Å². The number of hydrogen-bond acceptors (Lipinski definition) is 3. The van der Waals surface area contributed by atoms with Gasteiger partial charge < -0.3 is 19.1 Å². The van der Waals surface area contributed by atoms with E-state index in [1.165, 1.54) is 11.3 Å². The van der Waals surface area contributed by atoms with Gasteiger partial charge in [0.1, 0.15) is 5.69 Å². The number of benzene rings is 1. The van der Waals surface area contributed by atoms with E-state index in [-0.39, 0.29) is 11.4 Å². The molecule has 0 N–H and O–H groups in total. The van der Waals surface area contributed by atoms with Crippen LogP contribution in [0.2, 0.25) is 0 Å². The molecule has 1 amide bonds. The maximum absolute atomic E-state index is 12.9. The van der Waals surface area contributed by atoms with Crippen LogP contribution in [0.15, 0.2) is 36.5 Å². The lowest BCUT2D eigenvalue weighted by molar-refractivity contribution is 0.0705. The quantitative estimate of drug-likeness (QED) is 0.809. The first-order chi connectivity index (χ1) is 11.7. The molecule has 1 saturated heterocycles. The molecular weight excluding hydrogens is 302 g/mol. The van der Waals surface area contributed by atoms with Crippen LogP contribution in [0.3, 0.4) is 0 Å². The van der Waals surface area contributed by atoms with Crippen molar-refractivity contribution in [2.75, 3.05) is 38.3 Å². The molecule has 1 saturated carbocycles. The summed E-state index contributed by atoms with van der Waals surface area (Å²) in [6.45, 7) is 3.41. The highest BCUT2D eigenvalue weighted by Gasteiger charge is 2.53. The van der Waals surface area contributed by atoms with Crippen LogP contribution in [0.1, 0.15) is 28.9 Å². The predicted molar refractivity (Wildman–Crippen MR) is 91.8 cm³/mol. The molecule has 0 radical (unpaired) electrons. The summed E-state index contributed by atoms with van der Waals surface area (Å²) >= 11 is 0. The molecule has 2 aromatic rings. The average molecular weight is 323 g/mol. The molecule has 5 rings (SSSR count). The average Bonchev–Trinajstić information content (AvgIpc) is 3.31. The minimum atomic E-state index is -0.131. The Hall–Kier alpha value is -2.27. The summed E-state index contributed by atoms with van der Waals surface area (Å²) in [5, 5.41) is 0. The Morgan fingerprint density at radius 2 is 1.92 bits per heavy atom. The first-order valence-electron chi connectivity index (χ1n) is 8.64. The fraction of sp³-hybridized carbons (Fsp3) is 0.421. The zero-order chi connectivity index (χ0) is 16.3. The summed E-state index contributed by atoms with van der Waals surface area (Å²) in [7, 11) is 1.95. The van der Waals surface area contributed by atoms with Gasteiger partial charge in [-0.2, -0.15) is 0 Å². The molecule has 0 unspecified atom stereocenters. The van der Waals surface area contributed by atoms with E-state index in [2.05, 4.69) is 23.1 Å². The lowest BCUT2D eigenvalue weighted by Crippen LogP contribution is -2.37. The normalized spacial score (nSPS) is 21.5. The number of aromatic nitrogens is 1. The van der Waals surface area contributed by atoms with Crippen molar-refractivity contribution < 1.29 is 9.53 Å². The van der Waals surface area contributed by atoms with E-state index in [4.69, 9.17) is 4.74 Å². The van der Waals surface area contributed by atoms with E-state index < -0.39 is 0 Å². The summed E-state index contributed by atoms with van der Waals surface area (Å²) in [6.07, 6.45) is 4.08. The smallest absolute Gasteiger partial charge is 0.271 e. The van der Waals surface area contributed by atoms with Gasteiger partial charge in [-0.15, -0.1) is 0 Å². The Bertz CT molecular complexity index is 816. The zero-order valence-corrected chi connectivity index (χ0v) is 13.9. The van der Waals surface area contributed by atoms with Crippen molar-refractivity contribution in [3.05, 3.63) is 47.8 Å². The van der Waals surface area contributed by atoms with Gasteiger partial charge in [-0.3, -0.25) is 4.79 Å². The predicted octanol–water partition coefficient (Wildman–Crippen LogP) is 2.39. The molecule has 2 fully saturated rings. The SMILES string of the molecule is CN1C(=O)c2cccn2-c2ccc(N3CCOCC3)cc2C12CC2. The number of rotatable bonds is 1. The number of ether oxygens (including phenoxy) is 1. The van der Waals surface area contributed by atoms with Crippen molar-refractivity contribution >= 4 is 11.6 Å². The minimum absolute atomic E-state index is 0.113.